The fraction of sp³-hybridized carbons (Fsp3) is 0.696. The summed E-state index contributed by atoms with van der Waals surface area (Å²) >= 11 is 0. The average Bonchev–Trinajstić information content (AvgIpc) is 2.65. The van der Waals surface area contributed by atoms with E-state index in [1.807, 2.05) is 0 Å². The van der Waals surface area contributed by atoms with Gasteiger partial charge in [0.15, 0.2) is 0 Å². The molecule has 2 heterocycles. The van der Waals surface area contributed by atoms with Crippen molar-refractivity contribution in [3.8, 4) is 5.75 Å². The van der Waals surface area contributed by atoms with Crippen LogP contribution in [0.5, 0.6) is 5.75 Å². The molecule has 0 aromatic heterocycles. The molecule has 2 atom stereocenters. The van der Waals surface area contributed by atoms with Gasteiger partial charge in [0.1, 0.15) is 5.75 Å². The van der Waals surface area contributed by atoms with Crippen LogP contribution in [0.4, 0.5) is 4.79 Å². The molecule has 0 spiro atoms. The summed E-state index contributed by atoms with van der Waals surface area (Å²) in [6, 6.07) is 5.07. The molecule has 3 aliphatic rings. The van der Waals surface area contributed by atoms with Crippen LogP contribution in [0.25, 0.3) is 0 Å². The third kappa shape index (κ3) is 2.67. The van der Waals surface area contributed by atoms with Crippen LogP contribution in [0.15, 0.2) is 12.1 Å². The van der Waals surface area contributed by atoms with E-state index in [-0.39, 0.29) is 22.9 Å². The Hall–Kier alpha value is -1.71. The Bertz CT molecular complexity index is 751. The van der Waals surface area contributed by atoms with E-state index in [0.717, 1.165) is 51.1 Å². The summed E-state index contributed by atoms with van der Waals surface area (Å²) in [5, 5.41) is 0. The first-order valence-electron chi connectivity index (χ1n) is 10.5. The van der Waals surface area contributed by atoms with E-state index < -0.39 is 0 Å². The van der Waals surface area contributed by atoms with Crippen molar-refractivity contribution in [3.63, 3.8) is 0 Å². The molecular weight excluding hydrogens is 336 g/mol. The number of carbonyl (C=O) groups excluding carboxylic acids is 1. The van der Waals surface area contributed by atoms with Crippen molar-refractivity contribution in [2.45, 2.75) is 71.3 Å². The highest BCUT2D eigenvalue weighted by atomic mass is 16.5. The van der Waals surface area contributed by atoms with E-state index in [2.05, 4.69) is 49.6 Å². The molecule has 1 aliphatic carbocycles. The number of urea groups is 1. The van der Waals surface area contributed by atoms with Crippen molar-refractivity contribution in [2.75, 3.05) is 26.7 Å². The predicted molar refractivity (Wildman–Crippen MR) is 108 cm³/mol. The van der Waals surface area contributed by atoms with Crippen LogP contribution in [0, 0.1) is 12.3 Å². The van der Waals surface area contributed by atoms with Crippen molar-refractivity contribution in [3.05, 3.63) is 28.8 Å². The van der Waals surface area contributed by atoms with Gasteiger partial charge in [0.2, 0.25) is 0 Å². The van der Waals surface area contributed by atoms with Crippen molar-refractivity contribution >= 4 is 6.03 Å². The topological polar surface area (TPSA) is 32.8 Å². The third-order valence-electron chi connectivity index (χ3n) is 7.98. The van der Waals surface area contributed by atoms with E-state index in [9.17, 15) is 4.79 Å². The molecule has 2 bridgehead atoms. The highest BCUT2D eigenvalue weighted by Gasteiger charge is 2.57. The van der Waals surface area contributed by atoms with Crippen molar-refractivity contribution in [1.29, 1.82) is 0 Å². The number of rotatable bonds is 1. The quantitative estimate of drug-likeness (QED) is 0.728. The fourth-order valence-electron chi connectivity index (χ4n) is 5.76. The first-order valence-corrected chi connectivity index (χ1v) is 10.5. The van der Waals surface area contributed by atoms with Gasteiger partial charge in [0, 0.05) is 31.1 Å². The smallest absolute Gasteiger partial charge is 0.320 e. The number of hydrogen-bond acceptors (Lipinski definition) is 2. The normalized spacial score (nSPS) is 29.3. The number of methoxy groups -OCH3 is 1. The molecule has 27 heavy (non-hydrogen) atoms. The van der Waals surface area contributed by atoms with Gasteiger partial charge in [-0.3, -0.25) is 0 Å². The second-order valence-corrected chi connectivity index (χ2v) is 9.53. The van der Waals surface area contributed by atoms with E-state index in [1.54, 1.807) is 7.11 Å². The highest BCUT2D eigenvalue weighted by Crippen LogP contribution is 2.56. The van der Waals surface area contributed by atoms with Gasteiger partial charge < -0.3 is 14.5 Å². The van der Waals surface area contributed by atoms with Crippen LogP contribution < -0.4 is 4.74 Å². The molecule has 148 valence electrons. The molecule has 1 aromatic rings. The van der Waals surface area contributed by atoms with Crippen molar-refractivity contribution in [1.82, 2.24) is 9.80 Å². The molecule has 2 amide bonds. The Labute approximate surface area is 163 Å². The number of ether oxygens (including phenoxy) is 1. The minimum absolute atomic E-state index is 0.0464. The van der Waals surface area contributed by atoms with E-state index >= 15 is 0 Å². The molecule has 2 saturated heterocycles. The molecule has 0 unspecified atom stereocenters. The Morgan fingerprint density at radius 1 is 1.11 bits per heavy atom. The Morgan fingerprint density at radius 2 is 1.81 bits per heavy atom. The standard InChI is InChI=1S/C23H34N2O2/c1-16-13-18-17(14-19(16)27-5)15-20-22(2,3)23(18,4)9-12-25(20)21(26)24-10-7-6-8-11-24/h13-14,20H,6-12,15H2,1-5H3/t20-,23+/m1/s1. The van der Waals surface area contributed by atoms with Crippen LogP contribution in [-0.4, -0.2) is 48.6 Å². The van der Waals surface area contributed by atoms with E-state index in [0.29, 0.717) is 0 Å². The van der Waals surface area contributed by atoms with Gasteiger partial charge in [-0.2, -0.15) is 0 Å². The molecule has 4 nitrogen and oxygen atoms in total. The van der Waals surface area contributed by atoms with Gasteiger partial charge in [-0.1, -0.05) is 26.8 Å². The molecule has 0 radical (unpaired) electrons. The zero-order chi connectivity index (χ0) is 19.4. The molecular formula is C23H34N2O2. The number of likely N-dealkylation sites (tertiary alicyclic amines) is 2. The summed E-state index contributed by atoms with van der Waals surface area (Å²) in [4.78, 5) is 17.6. The number of carbonyl (C=O) groups is 1. The molecule has 0 N–H and O–H groups in total. The van der Waals surface area contributed by atoms with Gasteiger partial charge in [-0.25, -0.2) is 4.79 Å². The van der Waals surface area contributed by atoms with Gasteiger partial charge >= 0.3 is 6.03 Å². The summed E-state index contributed by atoms with van der Waals surface area (Å²) in [7, 11) is 1.75. The SMILES string of the molecule is COc1cc2c(cc1C)[C@]1(C)CCN(C(=O)N3CCCCC3)[C@H](C2)C1(C)C. The zero-order valence-corrected chi connectivity index (χ0v) is 17.6. The van der Waals surface area contributed by atoms with Crippen molar-refractivity contribution < 1.29 is 9.53 Å². The lowest BCUT2D eigenvalue weighted by atomic mass is 9.51. The summed E-state index contributed by atoms with van der Waals surface area (Å²) in [6.07, 6.45) is 5.49. The maximum Gasteiger partial charge on any atom is 0.320 e. The Kier molecular flexibility index (Phi) is 4.44. The number of aryl methyl sites for hydroxylation is 1. The number of hydrogen-bond donors (Lipinski definition) is 0. The number of piperidine rings is 2. The molecule has 1 aromatic carbocycles. The lowest BCUT2D eigenvalue weighted by Crippen LogP contribution is -2.66. The summed E-state index contributed by atoms with van der Waals surface area (Å²) in [6.45, 7) is 12.0. The molecule has 2 fully saturated rings. The van der Waals surface area contributed by atoms with Gasteiger partial charge in [-0.05, 0) is 67.2 Å². The zero-order valence-electron chi connectivity index (χ0n) is 17.6. The largest absolute Gasteiger partial charge is 0.496 e. The van der Waals surface area contributed by atoms with Crippen molar-refractivity contribution in [2.24, 2.45) is 5.41 Å². The monoisotopic (exact) mass is 370 g/mol. The minimum atomic E-state index is 0.0464. The molecule has 0 saturated carbocycles. The highest BCUT2D eigenvalue weighted by molar-refractivity contribution is 5.75. The third-order valence-corrected chi connectivity index (χ3v) is 7.98. The van der Waals surface area contributed by atoms with Crippen LogP contribution in [-0.2, 0) is 11.8 Å². The maximum atomic E-state index is 13.4. The summed E-state index contributed by atoms with van der Waals surface area (Å²) in [5.41, 5.74) is 4.16. The lowest BCUT2D eigenvalue weighted by molar-refractivity contribution is -0.0243. The van der Waals surface area contributed by atoms with Crippen LogP contribution >= 0.6 is 0 Å². The van der Waals surface area contributed by atoms with E-state index in [4.69, 9.17) is 4.74 Å². The molecule has 4 rings (SSSR count). The molecule has 4 heteroatoms. The second-order valence-electron chi connectivity index (χ2n) is 9.53. The number of benzene rings is 1. The lowest BCUT2D eigenvalue weighted by Gasteiger charge is -2.61. The van der Waals surface area contributed by atoms with Gasteiger partial charge in [0.25, 0.3) is 0 Å². The van der Waals surface area contributed by atoms with Gasteiger partial charge in [0.05, 0.1) is 7.11 Å². The predicted octanol–water partition coefficient (Wildman–Crippen LogP) is 4.52. The maximum absolute atomic E-state index is 13.4. The average molecular weight is 371 g/mol. The van der Waals surface area contributed by atoms with E-state index in [1.165, 1.54) is 23.1 Å². The van der Waals surface area contributed by atoms with Gasteiger partial charge in [-0.15, -0.1) is 0 Å². The Balaban J connectivity index is 1.73. The molecule has 2 aliphatic heterocycles. The number of nitrogens with zero attached hydrogens (tertiary/aromatic N) is 2. The first kappa shape index (κ1) is 18.6. The van der Waals surface area contributed by atoms with Crippen LogP contribution in [0.1, 0.15) is 63.1 Å². The second kappa shape index (κ2) is 6.42. The minimum Gasteiger partial charge on any atom is -0.496 e. The summed E-state index contributed by atoms with van der Waals surface area (Å²) in [5.74, 6) is 0.962. The number of fused-ring (bicyclic) bond motifs is 4. The Morgan fingerprint density at radius 3 is 2.48 bits per heavy atom. The first-order chi connectivity index (χ1) is 12.8. The fourth-order valence-corrected chi connectivity index (χ4v) is 5.76. The number of amides is 2. The van der Waals surface area contributed by atoms with Crippen LogP contribution in [0.3, 0.4) is 0 Å². The summed E-state index contributed by atoms with van der Waals surface area (Å²) < 4.78 is 5.60. The van der Waals surface area contributed by atoms with Crippen LogP contribution in [0.2, 0.25) is 0 Å².